The fourth-order valence-corrected chi connectivity index (χ4v) is 4.04. The molecule has 0 aromatic heterocycles. The van der Waals surface area contributed by atoms with Crippen LogP contribution in [0.2, 0.25) is 0 Å². The SMILES string of the molecule is CCCCCC/C=C/CC(=O)NC(c1ccccc1)(c1ccccc1)c1ccccc1. The van der Waals surface area contributed by atoms with Gasteiger partial charge in [0.25, 0.3) is 0 Å². The fourth-order valence-electron chi connectivity index (χ4n) is 4.04. The van der Waals surface area contributed by atoms with Crippen molar-refractivity contribution in [3.05, 3.63) is 120 Å². The topological polar surface area (TPSA) is 29.1 Å². The van der Waals surface area contributed by atoms with Crippen LogP contribution < -0.4 is 5.32 Å². The summed E-state index contributed by atoms with van der Waals surface area (Å²) in [5.41, 5.74) is 2.40. The van der Waals surface area contributed by atoms with Gasteiger partial charge in [-0.05, 0) is 29.5 Å². The van der Waals surface area contributed by atoms with Gasteiger partial charge in [-0.2, -0.15) is 0 Å². The highest BCUT2D eigenvalue weighted by atomic mass is 16.1. The summed E-state index contributed by atoms with van der Waals surface area (Å²) in [6.07, 6.45) is 10.5. The minimum atomic E-state index is -0.740. The van der Waals surface area contributed by atoms with Crippen LogP contribution in [0.25, 0.3) is 0 Å². The van der Waals surface area contributed by atoms with Crippen LogP contribution in [0.4, 0.5) is 0 Å². The molecule has 0 saturated carbocycles. The Morgan fingerprint density at radius 2 is 1.19 bits per heavy atom. The maximum absolute atomic E-state index is 13.2. The van der Waals surface area contributed by atoms with Gasteiger partial charge in [-0.25, -0.2) is 0 Å². The summed E-state index contributed by atoms with van der Waals surface area (Å²) in [7, 11) is 0. The third-order valence-corrected chi connectivity index (χ3v) is 5.64. The first-order valence-corrected chi connectivity index (χ1v) is 11.4. The van der Waals surface area contributed by atoms with E-state index in [9.17, 15) is 4.79 Å². The zero-order valence-corrected chi connectivity index (χ0v) is 18.5. The van der Waals surface area contributed by atoms with Crippen molar-refractivity contribution in [1.82, 2.24) is 5.32 Å². The molecule has 0 radical (unpaired) electrons. The van der Waals surface area contributed by atoms with Crippen LogP contribution in [0.5, 0.6) is 0 Å². The van der Waals surface area contributed by atoms with Gasteiger partial charge in [0.05, 0.1) is 0 Å². The lowest BCUT2D eigenvalue weighted by Crippen LogP contribution is -2.47. The molecule has 1 amide bonds. The Bertz CT molecular complexity index is 836. The second-order valence-electron chi connectivity index (χ2n) is 7.92. The Kier molecular flexibility index (Phi) is 8.66. The second-order valence-corrected chi connectivity index (χ2v) is 7.92. The number of unbranched alkanes of at least 4 members (excludes halogenated alkanes) is 4. The lowest BCUT2D eigenvalue weighted by molar-refractivity contribution is -0.121. The molecule has 0 saturated heterocycles. The average molecular weight is 412 g/mol. The summed E-state index contributed by atoms with van der Waals surface area (Å²) >= 11 is 0. The lowest BCUT2D eigenvalue weighted by Gasteiger charge is -2.36. The molecule has 0 heterocycles. The van der Waals surface area contributed by atoms with E-state index >= 15 is 0 Å². The van der Waals surface area contributed by atoms with E-state index in [1.165, 1.54) is 25.7 Å². The van der Waals surface area contributed by atoms with E-state index in [0.717, 1.165) is 23.1 Å². The van der Waals surface area contributed by atoms with Crippen LogP contribution in [-0.2, 0) is 10.3 Å². The van der Waals surface area contributed by atoms with Crippen molar-refractivity contribution >= 4 is 5.91 Å². The van der Waals surface area contributed by atoms with Gasteiger partial charge in [-0.1, -0.05) is 129 Å². The predicted octanol–water partition coefficient (Wildman–Crippen LogP) is 7.01. The number of carbonyl (C=O) groups is 1. The molecule has 0 bridgehead atoms. The number of allylic oxidation sites excluding steroid dienone is 1. The standard InChI is InChI=1S/C29H33NO/c1-2-3-4-5-6-7-17-24-28(31)30-29(25-18-11-8-12-19-25,26-20-13-9-14-21-26)27-22-15-10-16-23-27/h7-23H,2-6,24H2,1H3,(H,30,31)/b17-7+. The van der Waals surface area contributed by atoms with Gasteiger partial charge in [-0.3, -0.25) is 4.79 Å². The monoisotopic (exact) mass is 411 g/mol. The molecular weight excluding hydrogens is 378 g/mol. The summed E-state index contributed by atoms with van der Waals surface area (Å²) in [5.74, 6) is 0.0152. The van der Waals surface area contributed by atoms with Crippen molar-refractivity contribution in [1.29, 1.82) is 0 Å². The summed E-state index contributed by atoms with van der Waals surface area (Å²) in [6.45, 7) is 2.22. The first kappa shape index (κ1) is 22.6. The van der Waals surface area contributed by atoms with Crippen LogP contribution in [0, 0.1) is 0 Å². The zero-order chi connectivity index (χ0) is 21.8. The van der Waals surface area contributed by atoms with E-state index in [0.29, 0.717) is 6.42 Å². The molecule has 2 heteroatoms. The molecule has 3 aromatic rings. The number of carbonyl (C=O) groups excluding carboxylic acids is 1. The lowest BCUT2D eigenvalue weighted by atomic mass is 9.77. The summed E-state index contributed by atoms with van der Waals surface area (Å²) in [5, 5.41) is 3.40. The van der Waals surface area contributed by atoms with Crippen molar-refractivity contribution in [2.24, 2.45) is 0 Å². The van der Waals surface area contributed by atoms with Crippen molar-refractivity contribution in [3.8, 4) is 0 Å². The van der Waals surface area contributed by atoms with E-state index in [4.69, 9.17) is 0 Å². The molecule has 31 heavy (non-hydrogen) atoms. The average Bonchev–Trinajstić information content (AvgIpc) is 2.83. The Balaban J connectivity index is 1.89. The van der Waals surface area contributed by atoms with Gasteiger partial charge in [0, 0.05) is 6.42 Å². The van der Waals surface area contributed by atoms with Gasteiger partial charge in [-0.15, -0.1) is 0 Å². The molecule has 2 nitrogen and oxygen atoms in total. The quantitative estimate of drug-likeness (QED) is 0.205. The highest BCUT2D eigenvalue weighted by Crippen LogP contribution is 2.36. The van der Waals surface area contributed by atoms with Gasteiger partial charge in [0.1, 0.15) is 5.54 Å². The third kappa shape index (κ3) is 5.95. The highest BCUT2D eigenvalue weighted by molar-refractivity contribution is 5.80. The first-order chi connectivity index (χ1) is 15.3. The Morgan fingerprint density at radius 1 is 0.710 bits per heavy atom. The van der Waals surface area contributed by atoms with Crippen molar-refractivity contribution in [2.45, 2.75) is 51.0 Å². The van der Waals surface area contributed by atoms with E-state index in [-0.39, 0.29) is 5.91 Å². The van der Waals surface area contributed by atoms with E-state index < -0.39 is 5.54 Å². The number of nitrogens with one attached hydrogen (secondary N) is 1. The highest BCUT2D eigenvalue weighted by Gasteiger charge is 2.37. The van der Waals surface area contributed by atoms with Gasteiger partial charge >= 0.3 is 0 Å². The Labute approximate surface area is 187 Å². The zero-order valence-electron chi connectivity index (χ0n) is 18.5. The molecule has 0 aliphatic heterocycles. The maximum Gasteiger partial charge on any atom is 0.225 e. The van der Waals surface area contributed by atoms with Crippen LogP contribution in [0.15, 0.2) is 103 Å². The summed E-state index contributed by atoms with van der Waals surface area (Å²) in [4.78, 5) is 13.2. The molecule has 0 aliphatic rings. The van der Waals surface area contributed by atoms with Gasteiger partial charge in [0.15, 0.2) is 0 Å². The molecule has 160 valence electrons. The molecule has 1 N–H and O–H groups in total. The molecular formula is C29H33NO. The summed E-state index contributed by atoms with van der Waals surface area (Å²) in [6, 6.07) is 30.7. The molecule has 0 fully saturated rings. The van der Waals surface area contributed by atoms with Crippen molar-refractivity contribution < 1.29 is 4.79 Å². The van der Waals surface area contributed by atoms with Crippen molar-refractivity contribution in [3.63, 3.8) is 0 Å². The molecule has 0 atom stereocenters. The number of benzene rings is 3. The third-order valence-electron chi connectivity index (χ3n) is 5.64. The molecule has 0 spiro atoms. The van der Waals surface area contributed by atoms with Crippen LogP contribution in [-0.4, -0.2) is 5.91 Å². The number of amides is 1. The number of hydrogen-bond donors (Lipinski definition) is 1. The maximum atomic E-state index is 13.2. The molecule has 0 unspecified atom stereocenters. The smallest absolute Gasteiger partial charge is 0.225 e. The molecule has 0 aliphatic carbocycles. The first-order valence-electron chi connectivity index (χ1n) is 11.4. The minimum Gasteiger partial charge on any atom is -0.338 e. The summed E-state index contributed by atoms with van der Waals surface area (Å²) < 4.78 is 0. The minimum absolute atomic E-state index is 0.0152. The van der Waals surface area contributed by atoms with Crippen molar-refractivity contribution in [2.75, 3.05) is 0 Å². The number of hydrogen-bond acceptors (Lipinski definition) is 1. The van der Waals surface area contributed by atoms with Crippen LogP contribution in [0.3, 0.4) is 0 Å². The van der Waals surface area contributed by atoms with E-state index in [1.54, 1.807) is 0 Å². The van der Waals surface area contributed by atoms with Crippen LogP contribution >= 0.6 is 0 Å². The van der Waals surface area contributed by atoms with Crippen LogP contribution in [0.1, 0.15) is 62.1 Å². The largest absolute Gasteiger partial charge is 0.338 e. The number of rotatable bonds is 11. The predicted molar refractivity (Wildman–Crippen MR) is 130 cm³/mol. The Morgan fingerprint density at radius 3 is 1.65 bits per heavy atom. The molecule has 3 aromatic carbocycles. The van der Waals surface area contributed by atoms with Gasteiger partial charge < -0.3 is 5.32 Å². The second kappa shape index (κ2) is 11.9. The molecule has 3 rings (SSSR count). The Hall–Kier alpha value is -3.13. The fraction of sp³-hybridized carbons (Fsp3) is 0.276. The van der Waals surface area contributed by atoms with E-state index in [2.05, 4.69) is 54.7 Å². The van der Waals surface area contributed by atoms with E-state index in [1.807, 2.05) is 60.7 Å². The normalized spacial score (nSPS) is 11.5. The van der Waals surface area contributed by atoms with Gasteiger partial charge in [0.2, 0.25) is 5.91 Å².